The Labute approximate surface area is 95.0 Å². The SMILES string of the molecule is CC(CCl)SCc1ccn(C(C)C)n1. The van der Waals surface area contributed by atoms with Gasteiger partial charge in [-0.25, -0.2) is 0 Å². The first kappa shape index (κ1) is 11.9. The second kappa shape index (κ2) is 5.66. The third-order valence-electron chi connectivity index (χ3n) is 1.93. The quantitative estimate of drug-likeness (QED) is 0.725. The molecule has 1 aromatic heterocycles. The summed E-state index contributed by atoms with van der Waals surface area (Å²) in [6.45, 7) is 6.40. The summed E-state index contributed by atoms with van der Waals surface area (Å²) in [5.74, 6) is 1.66. The van der Waals surface area contributed by atoms with Gasteiger partial charge < -0.3 is 0 Å². The average molecular weight is 233 g/mol. The molecular weight excluding hydrogens is 216 g/mol. The third kappa shape index (κ3) is 3.54. The summed E-state index contributed by atoms with van der Waals surface area (Å²) in [5.41, 5.74) is 1.14. The van der Waals surface area contributed by atoms with Crippen molar-refractivity contribution < 1.29 is 0 Å². The minimum absolute atomic E-state index is 0.444. The van der Waals surface area contributed by atoms with Crippen LogP contribution in [0.2, 0.25) is 0 Å². The molecule has 1 rings (SSSR count). The van der Waals surface area contributed by atoms with Crippen molar-refractivity contribution in [2.75, 3.05) is 5.88 Å². The highest BCUT2D eigenvalue weighted by Crippen LogP contribution is 2.17. The summed E-state index contributed by atoms with van der Waals surface area (Å²) in [5, 5.41) is 4.97. The fourth-order valence-corrected chi connectivity index (χ4v) is 1.98. The number of thioether (sulfide) groups is 1. The third-order valence-corrected chi connectivity index (χ3v) is 3.77. The van der Waals surface area contributed by atoms with Gasteiger partial charge in [0.2, 0.25) is 0 Å². The fourth-order valence-electron chi connectivity index (χ4n) is 1.01. The molecule has 0 aliphatic heterocycles. The lowest BCUT2D eigenvalue weighted by atomic mass is 10.4. The molecule has 1 aromatic rings. The van der Waals surface area contributed by atoms with Crippen molar-refractivity contribution in [1.29, 1.82) is 0 Å². The van der Waals surface area contributed by atoms with Crippen LogP contribution in [0, 0.1) is 0 Å². The van der Waals surface area contributed by atoms with E-state index >= 15 is 0 Å². The molecule has 0 N–H and O–H groups in total. The predicted molar refractivity (Wildman–Crippen MR) is 64.1 cm³/mol. The van der Waals surface area contributed by atoms with E-state index in [2.05, 4.69) is 31.9 Å². The Kier molecular flexibility index (Phi) is 4.82. The molecule has 0 spiro atoms. The number of nitrogens with zero attached hydrogens (tertiary/aromatic N) is 2. The second-order valence-electron chi connectivity index (χ2n) is 3.66. The molecule has 0 aromatic carbocycles. The molecule has 0 amide bonds. The summed E-state index contributed by atoms with van der Waals surface area (Å²) in [4.78, 5) is 0. The van der Waals surface area contributed by atoms with E-state index < -0.39 is 0 Å². The molecule has 1 atom stereocenters. The van der Waals surface area contributed by atoms with Crippen molar-refractivity contribution >= 4 is 23.4 Å². The topological polar surface area (TPSA) is 17.8 Å². The number of aromatic nitrogens is 2. The number of hydrogen-bond donors (Lipinski definition) is 0. The van der Waals surface area contributed by atoms with Crippen molar-refractivity contribution in [2.24, 2.45) is 0 Å². The van der Waals surface area contributed by atoms with Crippen molar-refractivity contribution in [2.45, 2.75) is 37.8 Å². The van der Waals surface area contributed by atoms with Crippen LogP contribution in [0.3, 0.4) is 0 Å². The summed E-state index contributed by atoms with van der Waals surface area (Å²) in [6, 6.07) is 2.52. The average Bonchev–Trinajstić information content (AvgIpc) is 2.62. The lowest BCUT2D eigenvalue weighted by Gasteiger charge is -2.05. The Hall–Kier alpha value is -0.150. The summed E-state index contributed by atoms with van der Waals surface area (Å²) >= 11 is 7.57. The summed E-state index contributed by atoms with van der Waals surface area (Å²) in [7, 11) is 0. The van der Waals surface area contributed by atoms with Crippen LogP contribution in [0.15, 0.2) is 12.3 Å². The molecular formula is C10H17ClN2S. The molecule has 0 bridgehead atoms. The highest BCUT2D eigenvalue weighted by molar-refractivity contribution is 7.99. The van der Waals surface area contributed by atoms with Crippen molar-refractivity contribution in [3.8, 4) is 0 Å². The van der Waals surface area contributed by atoms with Crippen LogP contribution in [0.1, 0.15) is 32.5 Å². The van der Waals surface area contributed by atoms with Crippen LogP contribution in [0.4, 0.5) is 0 Å². The van der Waals surface area contributed by atoms with Gasteiger partial charge in [0.15, 0.2) is 0 Å². The first-order valence-corrected chi connectivity index (χ1v) is 6.43. The zero-order valence-corrected chi connectivity index (χ0v) is 10.5. The maximum Gasteiger partial charge on any atom is 0.0723 e. The molecule has 1 heterocycles. The van der Waals surface area contributed by atoms with Crippen molar-refractivity contribution in [3.05, 3.63) is 18.0 Å². The Morgan fingerprint density at radius 1 is 1.50 bits per heavy atom. The molecule has 0 fully saturated rings. The van der Waals surface area contributed by atoms with Crippen LogP contribution in [-0.2, 0) is 5.75 Å². The molecule has 80 valence electrons. The standard InChI is InChI=1S/C10H17ClN2S/c1-8(2)13-5-4-10(12-13)7-14-9(3)6-11/h4-5,8-9H,6-7H2,1-3H3. The molecule has 0 saturated heterocycles. The van der Waals surface area contributed by atoms with E-state index in [1.165, 1.54) is 0 Å². The Bertz CT molecular complexity index is 273. The van der Waals surface area contributed by atoms with Crippen LogP contribution in [0.5, 0.6) is 0 Å². The van der Waals surface area contributed by atoms with Crippen LogP contribution < -0.4 is 0 Å². The zero-order valence-electron chi connectivity index (χ0n) is 8.90. The van der Waals surface area contributed by atoms with E-state index in [-0.39, 0.29) is 0 Å². The van der Waals surface area contributed by atoms with Gasteiger partial charge in [-0.3, -0.25) is 4.68 Å². The smallest absolute Gasteiger partial charge is 0.0723 e. The van der Waals surface area contributed by atoms with E-state index in [1.54, 1.807) is 0 Å². The van der Waals surface area contributed by atoms with Gasteiger partial charge in [0, 0.05) is 29.1 Å². The van der Waals surface area contributed by atoms with Gasteiger partial charge in [-0.2, -0.15) is 16.9 Å². The van der Waals surface area contributed by atoms with Crippen LogP contribution in [0.25, 0.3) is 0 Å². The molecule has 2 nitrogen and oxygen atoms in total. The largest absolute Gasteiger partial charge is 0.270 e. The van der Waals surface area contributed by atoms with Gasteiger partial charge in [0.05, 0.1) is 5.69 Å². The Balaban J connectivity index is 2.44. The number of alkyl halides is 1. The van der Waals surface area contributed by atoms with E-state index in [1.807, 2.05) is 22.6 Å². The normalized spacial score (nSPS) is 13.5. The minimum atomic E-state index is 0.444. The second-order valence-corrected chi connectivity index (χ2v) is 5.39. The Morgan fingerprint density at radius 3 is 2.71 bits per heavy atom. The van der Waals surface area contributed by atoms with Gasteiger partial charge in [-0.05, 0) is 19.9 Å². The molecule has 0 aliphatic rings. The molecule has 14 heavy (non-hydrogen) atoms. The summed E-state index contributed by atoms with van der Waals surface area (Å²) < 4.78 is 1.99. The van der Waals surface area contributed by atoms with E-state index in [4.69, 9.17) is 11.6 Å². The lowest BCUT2D eigenvalue weighted by molar-refractivity contribution is 0.529. The fraction of sp³-hybridized carbons (Fsp3) is 0.700. The van der Waals surface area contributed by atoms with Crippen molar-refractivity contribution in [1.82, 2.24) is 9.78 Å². The van der Waals surface area contributed by atoms with Gasteiger partial charge in [-0.15, -0.1) is 11.6 Å². The number of rotatable bonds is 5. The van der Waals surface area contributed by atoms with Crippen molar-refractivity contribution in [3.63, 3.8) is 0 Å². The van der Waals surface area contributed by atoms with E-state index in [0.717, 1.165) is 11.4 Å². The number of hydrogen-bond acceptors (Lipinski definition) is 2. The maximum absolute atomic E-state index is 5.73. The molecule has 1 unspecified atom stereocenters. The van der Waals surface area contributed by atoms with E-state index in [9.17, 15) is 0 Å². The van der Waals surface area contributed by atoms with Crippen LogP contribution in [-0.4, -0.2) is 20.9 Å². The minimum Gasteiger partial charge on any atom is -0.270 e. The maximum atomic E-state index is 5.73. The first-order valence-electron chi connectivity index (χ1n) is 4.85. The molecule has 0 saturated carbocycles. The van der Waals surface area contributed by atoms with Gasteiger partial charge >= 0.3 is 0 Å². The zero-order chi connectivity index (χ0) is 10.6. The van der Waals surface area contributed by atoms with Gasteiger partial charge in [-0.1, -0.05) is 6.92 Å². The van der Waals surface area contributed by atoms with Crippen LogP contribution >= 0.6 is 23.4 Å². The molecule has 4 heteroatoms. The lowest BCUT2D eigenvalue weighted by Crippen LogP contribution is -2.02. The first-order chi connectivity index (χ1) is 6.63. The number of halogens is 1. The monoisotopic (exact) mass is 232 g/mol. The molecule has 0 radical (unpaired) electrons. The van der Waals surface area contributed by atoms with Gasteiger partial charge in [0.25, 0.3) is 0 Å². The highest BCUT2D eigenvalue weighted by Gasteiger charge is 2.04. The van der Waals surface area contributed by atoms with Gasteiger partial charge in [0.1, 0.15) is 0 Å². The highest BCUT2D eigenvalue weighted by atomic mass is 35.5. The Morgan fingerprint density at radius 2 is 2.21 bits per heavy atom. The van der Waals surface area contributed by atoms with E-state index in [0.29, 0.717) is 17.2 Å². The summed E-state index contributed by atoms with van der Waals surface area (Å²) in [6.07, 6.45) is 2.03. The molecule has 0 aliphatic carbocycles. The predicted octanol–water partition coefficient (Wildman–Crippen LogP) is 3.32.